The summed E-state index contributed by atoms with van der Waals surface area (Å²) in [5.74, 6) is 0.224. The van der Waals surface area contributed by atoms with E-state index in [1.165, 1.54) is 0 Å². The van der Waals surface area contributed by atoms with Crippen molar-refractivity contribution in [3.05, 3.63) is 73.1 Å². The van der Waals surface area contributed by atoms with Crippen molar-refractivity contribution in [3.63, 3.8) is 0 Å². The van der Waals surface area contributed by atoms with Crippen molar-refractivity contribution in [1.29, 1.82) is 0 Å². The van der Waals surface area contributed by atoms with Crippen molar-refractivity contribution >= 4 is 17.3 Å². The van der Waals surface area contributed by atoms with Gasteiger partial charge < -0.3 is 25.7 Å². The quantitative estimate of drug-likeness (QED) is 0.219. The fraction of sp³-hybridized carbons (Fsp3) is 0.318. The molecule has 1 aromatic carbocycles. The van der Waals surface area contributed by atoms with Gasteiger partial charge in [0.15, 0.2) is 6.79 Å². The Balaban J connectivity index is 1.73. The minimum absolute atomic E-state index is 0.0766. The Morgan fingerprint density at radius 1 is 1.04 bits per heavy atom. The van der Waals surface area contributed by atoms with Gasteiger partial charge in [0.2, 0.25) is 0 Å². The third-order valence-electron chi connectivity index (χ3n) is 4.35. The SMILES string of the molecule is C=C/C=C\C=C(/C=C)OCOC1CCC(OC(=O)c2cc(N)cc(N)c2)CC1. The maximum atomic E-state index is 12.3. The molecule has 28 heavy (non-hydrogen) atoms. The molecule has 0 heterocycles. The molecule has 6 nitrogen and oxygen atoms in total. The van der Waals surface area contributed by atoms with E-state index in [1.807, 2.05) is 6.08 Å². The first-order valence-electron chi connectivity index (χ1n) is 9.25. The topological polar surface area (TPSA) is 96.8 Å². The zero-order chi connectivity index (χ0) is 20.4. The van der Waals surface area contributed by atoms with Gasteiger partial charge in [0, 0.05) is 11.4 Å². The van der Waals surface area contributed by atoms with Crippen LogP contribution in [0.15, 0.2) is 67.5 Å². The fourth-order valence-electron chi connectivity index (χ4n) is 2.93. The summed E-state index contributed by atoms with van der Waals surface area (Å²) in [6, 6.07) is 4.74. The van der Waals surface area contributed by atoms with Gasteiger partial charge in [-0.3, -0.25) is 0 Å². The number of carbonyl (C=O) groups excluding carboxylic acids is 1. The molecule has 1 saturated carbocycles. The number of benzene rings is 1. The summed E-state index contributed by atoms with van der Waals surface area (Å²) in [4.78, 5) is 12.3. The Labute approximate surface area is 166 Å². The van der Waals surface area contributed by atoms with Crippen LogP contribution in [0.3, 0.4) is 0 Å². The minimum atomic E-state index is -0.403. The Hall–Kier alpha value is -2.99. The molecule has 0 saturated heterocycles. The second-order valence-electron chi connectivity index (χ2n) is 6.51. The number of allylic oxidation sites excluding steroid dienone is 5. The molecule has 0 amide bonds. The maximum absolute atomic E-state index is 12.3. The van der Waals surface area contributed by atoms with Crippen molar-refractivity contribution in [2.24, 2.45) is 0 Å². The number of carbonyl (C=O) groups is 1. The van der Waals surface area contributed by atoms with Crippen LogP contribution in [0.2, 0.25) is 0 Å². The standard InChI is InChI=1S/C22H28N2O4/c1-3-5-6-7-19(4-2)26-15-27-20-8-10-21(11-9-20)28-22(25)16-12-17(23)14-18(24)13-16/h3-7,12-14,20-21H,1-2,8-11,15,23-24H2/b6-5-,19-7+. The summed E-state index contributed by atoms with van der Waals surface area (Å²) in [5.41, 5.74) is 12.7. The lowest BCUT2D eigenvalue weighted by molar-refractivity contribution is -0.0859. The molecule has 6 heteroatoms. The Morgan fingerprint density at radius 2 is 1.68 bits per heavy atom. The number of esters is 1. The summed E-state index contributed by atoms with van der Waals surface area (Å²) < 4.78 is 16.9. The van der Waals surface area contributed by atoms with E-state index in [9.17, 15) is 4.79 Å². The van der Waals surface area contributed by atoms with Gasteiger partial charge >= 0.3 is 5.97 Å². The summed E-state index contributed by atoms with van der Waals surface area (Å²) in [5, 5.41) is 0. The van der Waals surface area contributed by atoms with E-state index in [1.54, 1.807) is 42.5 Å². The zero-order valence-corrected chi connectivity index (χ0v) is 16.0. The van der Waals surface area contributed by atoms with E-state index in [0.717, 1.165) is 25.7 Å². The van der Waals surface area contributed by atoms with Crippen molar-refractivity contribution in [1.82, 2.24) is 0 Å². The Bertz CT molecular complexity index is 727. The van der Waals surface area contributed by atoms with Gasteiger partial charge in [-0.25, -0.2) is 4.79 Å². The van der Waals surface area contributed by atoms with E-state index >= 15 is 0 Å². The molecule has 0 radical (unpaired) electrons. The van der Waals surface area contributed by atoms with Crippen LogP contribution in [0.25, 0.3) is 0 Å². The number of hydrogen-bond acceptors (Lipinski definition) is 6. The first-order valence-corrected chi connectivity index (χ1v) is 9.25. The van der Waals surface area contributed by atoms with Crippen molar-refractivity contribution in [2.75, 3.05) is 18.3 Å². The van der Waals surface area contributed by atoms with Crippen LogP contribution >= 0.6 is 0 Å². The van der Waals surface area contributed by atoms with Gasteiger partial charge in [-0.05, 0) is 56.0 Å². The van der Waals surface area contributed by atoms with Crippen LogP contribution < -0.4 is 11.5 Å². The number of nitrogen functional groups attached to an aromatic ring is 2. The van der Waals surface area contributed by atoms with E-state index < -0.39 is 5.97 Å². The molecule has 1 aliphatic carbocycles. The van der Waals surface area contributed by atoms with Gasteiger partial charge in [0.1, 0.15) is 11.9 Å². The van der Waals surface area contributed by atoms with Crippen LogP contribution in [0, 0.1) is 0 Å². The van der Waals surface area contributed by atoms with Gasteiger partial charge in [-0.1, -0.05) is 31.4 Å². The highest BCUT2D eigenvalue weighted by molar-refractivity contribution is 5.91. The highest BCUT2D eigenvalue weighted by atomic mass is 16.7. The van der Waals surface area contributed by atoms with Crippen LogP contribution in [0.4, 0.5) is 11.4 Å². The first kappa shape index (κ1) is 21.3. The van der Waals surface area contributed by atoms with Crippen molar-refractivity contribution in [2.45, 2.75) is 37.9 Å². The molecule has 1 aliphatic rings. The van der Waals surface area contributed by atoms with Crippen LogP contribution in [0.5, 0.6) is 0 Å². The van der Waals surface area contributed by atoms with Gasteiger partial charge in [0.25, 0.3) is 0 Å². The smallest absolute Gasteiger partial charge is 0.338 e. The highest BCUT2D eigenvalue weighted by Crippen LogP contribution is 2.25. The predicted molar refractivity (Wildman–Crippen MR) is 111 cm³/mol. The van der Waals surface area contributed by atoms with E-state index in [2.05, 4.69) is 13.2 Å². The summed E-state index contributed by atoms with van der Waals surface area (Å²) in [7, 11) is 0. The summed E-state index contributed by atoms with van der Waals surface area (Å²) in [6.45, 7) is 7.46. The number of anilines is 2. The second-order valence-corrected chi connectivity index (χ2v) is 6.51. The second kappa shape index (κ2) is 11.0. The third kappa shape index (κ3) is 6.96. The molecule has 0 aromatic heterocycles. The van der Waals surface area contributed by atoms with E-state index in [4.69, 9.17) is 25.7 Å². The Kier molecular flexibility index (Phi) is 8.37. The monoisotopic (exact) mass is 384 g/mol. The average Bonchev–Trinajstić information content (AvgIpc) is 2.67. The van der Waals surface area contributed by atoms with Gasteiger partial charge in [-0.2, -0.15) is 0 Å². The molecule has 0 aliphatic heterocycles. The van der Waals surface area contributed by atoms with E-state index in [-0.39, 0.29) is 19.0 Å². The summed E-state index contributed by atoms with van der Waals surface area (Å²) >= 11 is 0. The lowest BCUT2D eigenvalue weighted by Crippen LogP contribution is -2.28. The molecule has 150 valence electrons. The van der Waals surface area contributed by atoms with Crippen LogP contribution in [-0.4, -0.2) is 25.0 Å². The average molecular weight is 384 g/mol. The minimum Gasteiger partial charge on any atom is -0.468 e. The molecule has 0 spiro atoms. The number of ether oxygens (including phenoxy) is 3. The van der Waals surface area contributed by atoms with Crippen LogP contribution in [-0.2, 0) is 14.2 Å². The molecule has 1 aromatic rings. The highest BCUT2D eigenvalue weighted by Gasteiger charge is 2.25. The Morgan fingerprint density at radius 3 is 2.29 bits per heavy atom. The molecular formula is C22H28N2O4. The van der Waals surface area contributed by atoms with Gasteiger partial charge in [-0.15, -0.1) is 0 Å². The number of rotatable bonds is 9. The first-order chi connectivity index (χ1) is 13.5. The van der Waals surface area contributed by atoms with Gasteiger partial charge in [0.05, 0.1) is 11.7 Å². The lowest BCUT2D eigenvalue weighted by Gasteiger charge is -2.28. The molecule has 4 N–H and O–H groups in total. The molecule has 1 fully saturated rings. The molecule has 0 bridgehead atoms. The molecule has 2 rings (SSSR count). The van der Waals surface area contributed by atoms with Crippen molar-refractivity contribution < 1.29 is 19.0 Å². The number of nitrogens with two attached hydrogens (primary N) is 2. The predicted octanol–water partition coefficient (Wildman–Crippen LogP) is 4.12. The molecule has 0 unspecified atom stereocenters. The lowest BCUT2D eigenvalue weighted by atomic mass is 9.95. The maximum Gasteiger partial charge on any atom is 0.338 e. The molecule has 0 atom stereocenters. The summed E-state index contributed by atoms with van der Waals surface area (Å²) in [6.07, 6.45) is 11.7. The fourth-order valence-corrected chi connectivity index (χ4v) is 2.93. The largest absolute Gasteiger partial charge is 0.468 e. The normalized spacial score (nSPS) is 19.9. The third-order valence-corrected chi connectivity index (χ3v) is 4.35. The van der Waals surface area contributed by atoms with Crippen molar-refractivity contribution in [3.8, 4) is 0 Å². The number of hydrogen-bond donors (Lipinski definition) is 2. The van der Waals surface area contributed by atoms with E-state index in [0.29, 0.717) is 22.7 Å². The zero-order valence-electron chi connectivity index (χ0n) is 16.0. The molecular weight excluding hydrogens is 356 g/mol. The van der Waals surface area contributed by atoms with Crippen LogP contribution in [0.1, 0.15) is 36.0 Å².